The highest BCUT2D eigenvalue weighted by atomic mass is 16.7. The molecule has 0 aliphatic carbocycles. The lowest BCUT2D eigenvalue weighted by Crippen LogP contribution is -2.09. The molecule has 2 aromatic rings. The summed E-state index contributed by atoms with van der Waals surface area (Å²) in [5, 5.41) is 13.4. The third-order valence-corrected chi connectivity index (χ3v) is 3.30. The Labute approximate surface area is 150 Å². The molecule has 0 fully saturated rings. The Morgan fingerprint density at radius 3 is 2.54 bits per heavy atom. The van der Waals surface area contributed by atoms with Gasteiger partial charge in [0.25, 0.3) is 5.69 Å². The van der Waals surface area contributed by atoms with Crippen molar-refractivity contribution in [3.63, 3.8) is 0 Å². The summed E-state index contributed by atoms with van der Waals surface area (Å²) in [6.07, 6.45) is 2.93. The van der Waals surface area contributed by atoms with Crippen LogP contribution in [0.5, 0.6) is 11.5 Å². The van der Waals surface area contributed by atoms with Gasteiger partial charge < -0.3 is 19.5 Å². The number of non-ortho nitro benzene ring substituents is 1. The number of ether oxygens (including phenoxy) is 3. The molecule has 1 N–H and O–H groups in total. The molecule has 26 heavy (non-hydrogen) atoms. The van der Waals surface area contributed by atoms with Gasteiger partial charge in [-0.25, -0.2) is 0 Å². The molecule has 8 nitrogen and oxygen atoms in total. The van der Waals surface area contributed by atoms with Crippen LogP contribution in [0.2, 0.25) is 0 Å². The van der Waals surface area contributed by atoms with Crippen LogP contribution in [0.15, 0.2) is 48.5 Å². The number of hydrogen-bond acceptors (Lipinski definition) is 6. The average molecular weight is 358 g/mol. The van der Waals surface area contributed by atoms with Crippen molar-refractivity contribution < 1.29 is 23.9 Å². The highest BCUT2D eigenvalue weighted by Crippen LogP contribution is 2.28. The third-order valence-electron chi connectivity index (χ3n) is 3.30. The fourth-order valence-corrected chi connectivity index (χ4v) is 2.06. The first-order chi connectivity index (χ1) is 12.5. The summed E-state index contributed by atoms with van der Waals surface area (Å²) in [5.74, 6) is 0.537. The van der Waals surface area contributed by atoms with Gasteiger partial charge in [0.15, 0.2) is 6.79 Å². The molecule has 0 spiro atoms. The minimum absolute atomic E-state index is 0.142. The predicted octanol–water partition coefficient (Wildman–Crippen LogP) is 3.24. The molecule has 0 radical (unpaired) electrons. The van der Waals surface area contributed by atoms with E-state index in [9.17, 15) is 14.9 Å². The monoisotopic (exact) mass is 358 g/mol. The zero-order chi connectivity index (χ0) is 18.9. The molecule has 0 heterocycles. The topological polar surface area (TPSA) is 99.9 Å². The van der Waals surface area contributed by atoms with Crippen LogP contribution in [0.25, 0.3) is 6.08 Å². The molecule has 0 atom stereocenters. The van der Waals surface area contributed by atoms with E-state index in [0.29, 0.717) is 11.5 Å². The van der Waals surface area contributed by atoms with Crippen molar-refractivity contribution in [3.05, 3.63) is 64.2 Å². The summed E-state index contributed by atoms with van der Waals surface area (Å²) < 4.78 is 15.2. The predicted molar refractivity (Wildman–Crippen MR) is 96.3 cm³/mol. The SMILES string of the molecule is COCOc1ccc(/C=C/C(=O)Nc2cc([N+](=O)[O-])ccc2OC)cc1. The minimum Gasteiger partial charge on any atom is -0.495 e. The van der Waals surface area contributed by atoms with Crippen LogP contribution < -0.4 is 14.8 Å². The maximum Gasteiger partial charge on any atom is 0.271 e. The Kier molecular flexibility index (Phi) is 6.69. The van der Waals surface area contributed by atoms with E-state index in [0.717, 1.165) is 5.56 Å². The van der Waals surface area contributed by atoms with Crippen molar-refractivity contribution in [1.29, 1.82) is 0 Å². The van der Waals surface area contributed by atoms with Crippen molar-refractivity contribution in [3.8, 4) is 11.5 Å². The second-order valence-corrected chi connectivity index (χ2v) is 5.08. The number of nitro benzene ring substituents is 1. The Bertz CT molecular complexity index is 802. The zero-order valence-corrected chi connectivity index (χ0v) is 14.3. The average Bonchev–Trinajstić information content (AvgIpc) is 2.65. The standard InChI is InChI=1S/C18H18N2O6/c1-24-12-26-15-7-3-13(4-8-15)5-10-18(21)19-16-11-14(20(22)23)6-9-17(16)25-2/h3-11H,12H2,1-2H3,(H,19,21)/b10-5+. The molecule has 0 saturated heterocycles. The van der Waals surface area contributed by atoms with Crippen LogP contribution >= 0.6 is 0 Å². The fourth-order valence-electron chi connectivity index (χ4n) is 2.06. The highest BCUT2D eigenvalue weighted by Gasteiger charge is 2.12. The first-order valence-electron chi connectivity index (χ1n) is 7.57. The Morgan fingerprint density at radius 2 is 1.92 bits per heavy atom. The Balaban J connectivity index is 2.05. The van der Waals surface area contributed by atoms with Gasteiger partial charge in [-0.3, -0.25) is 14.9 Å². The second kappa shape index (κ2) is 9.19. The van der Waals surface area contributed by atoms with Gasteiger partial charge in [-0.2, -0.15) is 0 Å². The number of rotatable bonds is 8. The van der Waals surface area contributed by atoms with Crippen molar-refractivity contribution in [1.82, 2.24) is 0 Å². The van der Waals surface area contributed by atoms with E-state index >= 15 is 0 Å². The lowest BCUT2D eigenvalue weighted by Gasteiger charge is -2.08. The van der Waals surface area contributed by atoms with Crippen molar-refractivity contribution in [2.75, 3.05) is 26.3 Å². The van der Waals surface area contributed by atoms with Gasteiger partial charge in [0.2, 0.25) is 5.91 Å². The first-order valence-corrected chi connectivity index (χ1v) is 7.57. The third kappa shape index (κ3) is 5.32. The number of nitrogens with one attached hydrogen (secondary N) is 1. The molecule has 0 saturated carbocycles. The smallest absolute Gasteiger partial charge is 0.271 e. The molecule has 0 aliphatic rings. The number of methoxy groups -OCH3 is 2. The molecule has 0 aliphatic heterocycles. The van der Waals surface area contributed by atoms with Gasteiger partial charge in [0.1, 0.15) is 11.5 Å². The van der Waals surface area contributed by atoms with Crippen molar-refractivity contribution in [2.45, 2.75) is 0 Å². The maximum absolute atomic E-state index is 12.1. The molecular weight excluding hydrogens is 340 g/mol. The Hall–Kier alpha value is -3.39. The van der Waals surface area contributed by atoms with Gasteiger partial charge >= 0.3 is 0 Å². The number of nitrogens with zero attached hydrogens (tertiary/aromatic N) is 1. The maximum atomic E-state index is 12.1. The van der Waals surface area contributed by atoms with Crippen LogP contribution in [0, 0.1) is 10.1 Å². The summed E-state index contributed by atoms with van der Waals surface area (Å²) in [5.41, 5.74) is 0.868. The summed E-state index contributed by atoms with van der Waals surface area (Å²) in [6.45, 7) is 0.155. The lowest BCUT2D eigenvalue weighted by atomic mass is 10.2. The summed E-state index contributed by atoms with van der Waals surface area (Å²) in [7, 11) is 2.95. The first kappa shape index (κ1) is 18.9. The number of nitro groups is 1. The summed E-state index contributed by atoms with van der Waals surface area (Å²) >= 11 is 0. The molecule has 8 heteroatoms. The second-order valence-electron chi connectivity index (χ2n) is 5.08. The van der Waals surface area contributed by atoms with Crippen LogP contribution in [-0.4, -0.2) is 31.8 Å². The number of hydrogen-bond donors (Lipinski definition) is 1. The highest BCUT2D eigenvalue weighted by molar-refractivity contribution is 6.03. The van der Waals surface area contributed by atoms with Crippen molar-refractivity contribution in [2.24, 2.45) is 0 Å². The molecule has 1 amide bonds. The molecule has 0 unspecified atom stereocenters. The quantitative estimate of drug-likeness (QED) is 0.336. The largest absolute Gasteiger partial charge is 0.495 e. The number of benzene rings is 2. The molecule has 0 bridgehead atoms. The van der Waals surface area contributed by atoms with Gasteiger partial charge in [0, 0.05) is 25.3 Å². The normalized spacial score (nSPS) is 10.5. The van der Waals surface area contributed by atoms with E-state index in [1.807, 2.05) is 0 Å². The number of carbonyl (C=O) groups is 1. The van der Waals surface area contributed by atoms with Gasteiger partial charge in [-0.05, 0) is 29.8 Å². The van der Waals surface area contributed by atoms with E-state index in [1.54, 1.807) is 30.3 Å². The molecule has 0 aromatic heterocycles. The number of amides is 1. The van der Waals surface area contributed by atoms with Crippen LogP contribution in [0.1, 0.15) is 5.56 Å². The van der Waals surface area contributed by atoms with E-state index in [-0.39, 0.29) is 18.2 Å². The Morgan fingerprint density at radius 1 is 1.19 bits per heavy atom. The van der Waals surface area contributed by atoms with Gasteiger partial charge in [-0.1, -0.05) is 12.1 Å². The number of anilines is 1. The molecule has 136 valence electrons. The fraction of sp³-hybridized carbons (Fsp3) is 0.167. The van der Waals surface area contributed by atoms with Crippen LogP contribution in [0.3, 0.4) is 0 Å². The summed E-state index contributed by atoms with van der Waals surface area (Å²) in [6, 6.07) is 11.0. The van der Waals surface area contributed by atoms with Gasteiger partial charge in [-0.15, -0.1) is 0 Å². The van der Waals surface area contributed by atoms with E-state index < -0.39 is 10.8 Å². The van der Waals surface area contributed by atoms with Gasteiger partial charge in [0.05, 0.1) is 17.7 Å². The number of carbonyl (C=O) groups excluding carboxylic acids is 1. The van der Waals surface area contributed by atoms with Crippen molar-refractivity contribution >= 4 is 23.4 Å². The molecule has 2 aromatic carbocycles. The zero-order valence-electron chi connectivity index (χ0n) is 14.3. The summed E-state index contributed by atoms with van der Waals surface area (Å²) in [4.78, 5) is 22.4. The molecular formula is C18H18N2O6. The lowest BCUT2D eigenvalue weighted by molar-refractivity contribution is -0.384. The van der Waals surface area contributed by atoms with E-state index in [4.69, 9.17) is 14.2 Å². The van der Waals surface area contributed by atoms with Crippen LogP contribution in [-0.2, 0) is 9.53 Å². The van der Waals surface area contributed by atoms with E-state index in [1.165, 1.54) is 38.5 Å². The molecule has 2 rings (SSSR count). The van der Waals surface area contributed by atoms with E-state index in [2.05, 4.69) is 5.32 Å². The van der Waals surface area contributed by atoms with Crippen LogP contribution in [0.4, 0.5) is 11.4 Å². The minimum atomic E-state index is -0.544.